The van der Waals surface area contributed by atoms with Crippen molar-refractivity contribution in [2.75, 3.05) is 26.3 Å². The Kier molecular flexibility index (Phi) is 6.68. The molecule has 29 heavy (non-hydrogen) atoms. The number of hydrogen-bond donors (Lipinski definition) is 1. The number of rotatable bonds is 6. The largest absolute Gasteiger partial charge is 0.457 e. The van der Waals surface area contributed by atoms with Crippen molar-refractivity contribution in [2.45, 2.75) is 11.5 Å². The van der Waals surface area contributed by atoms with E-state index in [-0.39, 0.29) is 30.2 Å². The molecule has 0 aliphatic carbocycles. The molecular weight excluding hydrogens is 464 g/mol. The summed E-state index contributed by atoms with van der Waals surface area (Å²) in [6.07, 6.45) is 0. The van der Waals surface area contributed by atoms with Crippen LogP contribution in [-0.2, 0) is 26.1 Å². The maximum atomic E-state index is 12.9. The number of carbonyl (C=O) groups is 2. The minimum Gasteiger partial charge on any atom is -0.457 e. The SMILES string of the molecule is NC(=O)c1cccc(COC(=O)c2ccc(Br)c(S(=O)(=O)N3CCOCC3)c2)c1. The Hall–Kier alpha value is -2.27. The van der Waals surface area contributed by atoms with E-state index >= 15 is 0 Å². The summed E-state index contributed by atoms with van der Waals surface area (Å²) in [5, 5.41) is 0. The van der Waals surface area contributed by atoms with Gasteiger partial charge in [-0.3, -0.25) is 4.79 Å². The van der Waals surface area contributed by atoms with Crippen LogP contribution in [0.15, 0.2) is 51.8 Å². The van der Waals surface area contributed by atoms with Crippen LogP contribution in [0.25, 0.3) is 0 Å². The molecule has 1 aliphatic rings. The van der Waals surface area contributed by atoms with Crippen LogP contribution >= 0.6 is 15.9 Å². The molecule has 1 amide bonds. The van der Waals surface area contributed by atoms with E-state index in [0.29, 0.717) is 28.8 Å². The normalized spacial score (nSPS) is 15.1. The smallest absolute Gasteiger partial charge is 0.338 e. The van der Waals surface area contributed by atoms with Crippen molar-refractivity contribution in [3.05, 3.63) is 63.6 Å². The predicted molar refractivity (Wildman–Crippen MR) is 108 cm³/mol. The zero-order chi connectivity index (χ0) is 21.0. The highest BCUT2D eigenvalue weighted by Gasteiger charge is 2.29. The van der Waals surface area contributed by atoms with Gasteiger partial charge in [0.2, 0.25) is 15.9 Å². The lowest BCUT2D eigenvalue weighted by molar-refractivity contribution is 0.0472. The maximum Gasteiger partial charge on any atom is 0.338 e. The molecule has 154 valence electrons. The molecule has 8 nitrogen and oxygen atoms in total. The summed E-state index contributed by atoms with van der Waals surface area (Å²) < 4.78 is 38.0. The zero-order valence-corrected chi connectivity index (χ0v) is 17.7. The lowest BCUT2D eigenvalue weighted by atomic mass is 10.1. The second-order valence-corrected chi connectivity index (χ2v) is 9.06. The molecule has 1 fully saturated rings. The highest BCUT2D eigenvalue weighted by atomic mass is 79.9. The fraction of sp³-hybridized carbons (Fsp3) is 0.263. The summed E-state index contributed by atoms with van der Waals surface area (Å²) in [4.78, 5) is 23.7. The molecule has 10 heteroatoms. The predicted octanol–water partition coefficient (Wildman–Crippen LogP) is 1.93. The first-order valence-corrected chi connectivity index (χ1v) is 11.0. The Morgan fingerprint density at radius 2 is 1.83 bits per heavy atom. The maximum absolute atomic E-state index is 12.9. The van der Waals surface area contributed by atoms with E-state index in [4.69, 9.17) is 15.2 Å². The van der Waals surface area contributed by atoms with Gasteiger partial charge in [0.15, 0.2) is 0 Å². The van der Waals surface area contributed by atoms with Crippen molar-refractivity contribution in [3.63, 3.8) is 0 Å². The Morgan fingerprint density at radius 3 is 2.52 bits per heavy atom. The molecule has 0 spiro atoms. The van der Waals surface area contributed by atoms with Gasteiger partial charge in [-0.15, -0.1) is 0 Å². The minimum atomic E-state index is -3.78. The van der Waals surface area contributed by atoms with E-state index in [1.807, 2.05) is 0 Å². The number of nitrogens with two attached hydrogens (primary N) is 1. The standard InChI is InChI=1S/C19H19BrN2O6S/c20-16-5-4-15(11-17(16)29(25,26)22-6-8-27-9-7-22)19(24)28-12-13-2-1-3-14(10-13)18(21)23/h1-5,10-11H,6-9,12H2,(H2,21,23). The van der Waals surface area contributed by atoms with Crippen LogP contribution in [0.1, 0.15) is 26.3 Å². The molecule has 1 aliphatic heterocycles. The number of amides is 1. The van der Waals surface area contributed by atoms with E-state index in [0.717, 1.165) is 0 Å². The summed E-state index contributed by atoms with van der Waals surface area (Å²) in [6, 6.07) is 10.7. The quantitative estimate of drug-likeness (QED) is 0.628. The average molecular weight is 483 g/mol. The molecule has 0 atom stereocenters. The minimum absolute atomic E-state index is 0.00965. The van der Waals surface area contributed by atoms with Crippen molar-refractivity contribution < 1.29 is 27.5 Å². The Labute approximate surface area is 176 Å². The van der Waals surface area contributed by atoms with Gasteiger partial charge in [-0.2, -0.15) is 4.31 Å². The molecular formula is C19H19BrN2O6S. The van der Waals surface area contributed by atoms with Gasteiger partial charge in [0, 0.05) is 23.1 Å². The number of primary amides is 1. The average Bonchev–Trinajstić information content (AvgIpc) is 2.73. The molecule has 2 aromatic carbocycles. The summed E-state index contributed by atoms with van der Waals surface area (Å²) in [5.41, 5.74) is 6.24. The molecule has 0 bridgehead atoms. The van der Waals surface area contributed by atoms with Gasteiger partial charge >= 0.3 is 5.97 Å². The Bertz CT molecular complexity index is 1030. The van der Waals surface area contributed by atoms with E-state index < -0.39 is 21.9 Å². The van der Waals surface area contributed by atoms with Crippen molar-refractivity contribution >= 4 is 37.8 Å². The van der Waals surface area contributed by atoms with Gasteiger partial charge in [0.05, 0.1) is 23.7 Å². The third-order valence-corrected chi connectivity index (χ3v) is 7.23. The first-order valence-electron chi connectivity index (χ1n) is 8.72. The van der Waals surface area contributed by atoms with Crippen LogP contribution in [0.5, 0.6) is 0 Å². The fourth-order valence-corrected chi connectivity index (χ4v) is 5.16. The number of hydrogen-bond acceptors (Lipinski definition) is 6. The summed E-state index contributed by atoms with van der Waals surface area (Å²) in [6.45, 7) is 1.06. The van der Waals surface area contributed by atoms with E-state index in [2.05, 4.69) is 15.9 Å². The van der Waals surface area contributed by atoms with Crippen molar-refractivity contribution in [1.82, 2.24) is 4.31 Å². The number of ether oxygens (including phenoxy) is 2. The topological polar surface area (TPSA) is 116 Å². The molecule has 1 saturated heterocycles. The third-order valence-electron chi connectivity index (χ3n) is 4.34. The first-order chi connectivity index (χ1) is 13.8. The third kappa shape index (κ3) is 5.02. The number of morpholine rings is 1. The summed E-state index contributed by atoms with van der Waals surface area (Å²) in [7, 11) is -3.78. The number of halogens is 1. The summed E-state index contributed by atoms with van der Waals surface area (Å²) in [5.74, 6) is -1.26. The van der Waals surface area contributed by atoms with Gasteiger partial charge in [-0.1, -0.05) is 12.1 Å². The van der Waals surface area contributed by atoms with E-state index in [1.165, 1.54) is 28.6 Å². The summed E-state index contributed by atoms with van der Waals surface area (Å²) >= 11 is 3.25. The highest BCUT2D eigenvalue weighted by Crippen LogP contribution is 2.27. The van der Waals surface area contributed by atoms with Crippen LogP contribution in [0.2, 0.25) is 0 Å². The second-order valence-electron chi connectivity index (χ2n) is 6.30. The molecule has 0 radical (unpaired) electrons. The van der Waals surface area contributed by atoms with E-state index in [1.54, 1.807) is 18.2 Å². The molecule has 2 aromatic rings. The Morgan fingerprint density at radius 1 is 1.10 bits per heavy atom. The molecule has 1 heterocycles. The number of carbonyl (C=O) groups excluding carboxylic acids is 2. The van der Waals surface area contributed by atoms with Gasteiger partial charge in [-0.05, 0) is 51.8 Å². The van der Waals surface area contributed by atoms with Gasteiger partial charge in [0.1, 0.15) is 6.61 Å². The van der Waals surface area contributed by atoms with Crippen LogP contribution in [0, 0.1) is 0 Å². The van der Waals surface area contributed by atoms with Crippen molar-refractivity contribution in [2.24, 2.45) is 5.73 Å². The number of esters is 1. The van der Waals surface area contributed by atoms with Crippen molar-refractivity contribution in [1.29, 1.82) is 0 Å². The molecule has 3 rings (SSSR count). The van der Waals surface area contributed by atoms with Crippen LogP contribution in [0.3, 0.4) is 0 Å². The number of sulfonamides is 1. The lowest BCUT2D eigenvalue weighted by Crippen LogP contribution is -2.40. The molecule has 0 aromatic heterocycles. The second kappa shape index (κ2) is 9.04. The van der Waals surface area contributed by atoms with Gasteiger partial charge < -0.3 is 15.2 Å². The lowest BCUT2D eigenvalue weighted by Gasteiger charge is -2.26. The highest BCUT2D eigenvalue weighted by molar-refractivity contribution is 9.10. The van der Waals surface area contributed by atoms with Crippen LogP contribution in [-0.4, -0.2) is 50.9 Å². The Balaban J connectivity index is 1.77. The zero-order valence-electron chi connectivity index (χ0n) is 15.3. The van der Waals surface area contributed by atoms with Gasteiger partial charge in [0.25, 0.3) is 0 Å². The van der Waals surface area contributed by atoms with Gasteiger partial charge in [-0.25, -0.2) is 13.2 Å². The number of benzene rings is 2. The first kappa shape index (κ1) is 21.4. The van der Waals surface area contributed by atoms with E-state index in [9.17, 15) is 18.0 Å². The monoisotopic (exact) mass is 482 g/mol. The van der Waals surface area contributed by atoms with Crippen LogP contribution in [0.4, 0.5) is 0 Å². The molecule has 0 unspecified atom stereocenters. The molecule has 0 saturated carbocycles. The fourth-order valence-electron chi connectivity index (χ4n) is 2.80. The van der Waals surface area contributed by atoms with Crippen molar-refractivity contribution in [3.8, 4) is 0 Å². The molecule has 2 N–H and O–H groups in total. The number of nitrogens with zero attached hydrogens (tertiary/aromatic N) is 1. The van der Waals surface area contributed by atoms with Crippen LogP contribution < -0.4 is 5.73 Å².